The first kappa shape index (κ1) is 24.4. The fourth-order valence-corrected chi connectivity index (χ4v) is 6.94. The van der Waals surface area contributed by atoms with E-state index in [1.54, 1.807) is 0 Å². The summed E-state index contributed by atoms with van der Waals surface area (Å²) in [5.41, 5.74) is 9.39. The van der Waals surface area contributed by atoms with Gasteiger partial charge in [0.1, 0.15) is 7.05 Å². The summed E-state index contributed by atoms with van der Waals surface area (Å²) in [5, 5.41) is 2.63. The first-order chi connectivity index (χ1) is 18.4. The summed E-state index contributed by atoms with van der Waals surface area (Å²) < 4.78 is 2.38. The highest BCUT2D eigenvalue weighted by Crippen LogP contribution is 2.51. The number of allylic oxidation sites excluding steroid dienone is 4. The second-order valence-electron chi connectivity index (χ2n) is 11.3. The van der Waals surface area contributed by atoms with Crippen LogP contribution in [0.15, 0.2) is 115 Å². The van der Waals surface area contributed by atoms with Crippen molar-refractivity contribution < 1.29 is 4.58 Å². The molecule has 2 aliphatic heterocycles. The van der Waals surface area contributed by atoms with Crippen LogP contribution in [0.25, 0.3) is 10.8 Å². The number of nitrogens with zero attached hydrogens (tertiary/aromatic N) is 2. The Balaban J connectivity index is 1.42. The van der Waals surface area contributed by atoms with Crippen LogP contribution in [0.5, 0.6) is 0 Å². The average Bonchev–Trinajstić information content (AvgIpc) is 3.29. The quantitative estimate of drug-likeness (QED) is 0.251. The molecule has 4 aromatic rings. The van der Waals surface area contributed by atoms with Gasteiger partial charge in [-0.2, -0.15) is 4.58 Å². The second-order valence-corrected chi connectivity index (χ2v) is 11.3. The molecular weight excluding hydrogens is 460 g/mol. The van der Waals surface area contributed by atoms with Crippen LogP contribution in [0.1, 0.15) is 43.9 Å². The van der Waals surface area contributed by atoms with Gasteiger partial charge in [0.05, 0.1) is 11.1 Å². The zero-order chi connectivity index (χ0) is 26.5. The molecule has 2 unspecified atom stereocenters. The third-order valence-corrected chi connectivity index (χ3v) is 9.16. The monoisotopic (exact) mass is 497 g/mol. The molecule has 38 heavy (non-hydrogen) atoms. The predicted octanol–water partition coefficient (Wildman–Crippen LogP) is 8.33. The van der Waals surface area contributed by atoms with Crippen molar-refractivity contribution in [2.45, 2.75) is 44.4 Å². The van der Waals surface area contributed by atoms with Crippen LogP contribution >= 0.6 is 0 Å². The fraction of sp³-hybridized carbons (Fsp3) is 0.250. The summed E-state index contributed by atoms with van der Waals surface area (Å²) in [5.74, 6) is 0. The number of para-hydroxylation sites is 1. The molecule has 2 atom stereocenters. The van der Waals surface area contributed by atoms with E-state index in [2.05, 4.69) is 154 Å². The molecule has 0 bridgehead atoms. The van der Waals surface area contributed by atoms with Gasteiger partial charge in [-0.3, -0.25) is 0 Å². The molecule has 0 saturated heterocycles. The third-order valence-electron chi connectivity index (χ3n) is 9.16. The summed E-state index contributed by atoms with van der Waals surface area (Å²) in [7, 11) is 4.44. The highest BCUT2D eigenvalue weighted by molar-refractivity contribution is 6.04. The maximum absolute atomic E-state index is 2.42. The van der Waals surface area contributed by atoms with Crippen molar-refractivity contribution in [2.24, 2.45) is 0 Å². The van der Waals surface area contributed by atoms with Crippen LogP contribution < -0.4 is 4.90 Å². The van der Waals surface area contributed by atoms with Crippen LogP contribution in [0.2, 0.25) is 0 Å². The average molecular weight is 498 g/mol. The van der Waals surface area contributed by atoms with Gasteiger partial charge >= 0.3 is 0 Å². The van der Waals surface area contributed by atoms with Crippen molar-refractivity contribution in [2.75, 3.05) is 19.0 Å². The van der Waals surface area contributed by atoms with Crippen molar-refractivity contribution in [3.63, 3.8) is 0 Å². The minimum atomic E-state index is -0.101. The Bertz CT molecular complexity index is 1620. The smallest absolute Gasteiger partial charge is 0.209 e. The van der Waals surface area contributed by atoms with Gasteiger partial charge in [-0.25, -0.2) is 0 Å². The molecule has 0 radical (unpaired) electrons. The Morgan fingerprint density at radius 1 is 0.789 bits per heavy atom. The fourth-order valence-electron chi connectivity index (χ4n) is 6.94. The van der Waals surface area contributed by atoms with Gasteiger partial charge in [0, 0.05) is 41.3 Å². The molecule has 4 aromatic carbocycles. The predicted molar refractivity (Wildman–Crippen MR) is 162 cm³/mol. The molecule has 2 heterocycles. The number of likely N-dealkylation sites (N-methyl/N-ethyl adjacent to an activating group) is 1. The van der Waals surface area contributed by atoms with Gasteiger partial charge < -0.3 is 4.90 Å². The summed E-state index contributed by atoms with van der Waals surface area (Å²) in [6.45, 7) is 7.10. The normalized spacial score (nSPS) is 23.6. The number of anilines is 1. The van der Waals surface area contributed by atoms with Crippen molar-refractivity contribution in [3.05, 3.63) is 132 Å². The van der Waals surface area contributed by atoms with Crippen LogP contribution in [0.3, 0.4) is 0 Å². The van der Waals surface area contributed by atoms with Crippen LogP contribution in [-0.4, -0.2) is 24.4 Å². The molecule has 0 N–H and O–H groups in total. The van der Waals surface area contributed by atoms with E-state index in [-0.39, 0.29) is 10.8 Å². The van der Waals surface area contributed by atoms with Gasteiger partial charge in [0.15, 0.2) is 5.71 Å². The van der Waals surface area contributed by atoms with E-state index in [0.29, 0.717) is 0 Å². The van der Waals surface area contributed by atoms with E-state index in [1.165, 1.54) is 50.2 Å². The molecule has 0 fully saturated rings. The van der Waals surface area contributed by atoms with Gasteiger partial charge in [0.25, 0.3) is 0 Å². The maximum Gasteiger partial charge on any atom is 0.209 e. The van der Waals surface area contributed by atoms with Crippen LogP contribution in [0.4, 0.5) is 11.4 Å². The molecule has 190 valence electrons. The molecule has 2 heteroatoms. The van der Waals surface area contributed by atoms with Crippen molar-refractivity contribution in [3.8, 4) is 0 Å². The molecule has 0 saturated carbocycles. The third kappa shape index (κ3) is 3.58. The lowest BCUT2D eigenvalue weighted by atomic mass is 9.74. The van der Waals surface area contributed by atoms with E-state index in [1.807, 2.05) is 0 Å². The molecule has 2 aliphatic rings. The number of fused-ring (bicyclic) bond motifs is 4. The van der Waals surface area contributed by atoms with E-state index >= 15 is 0 Å². The summed E-state index contributed by atoms with van der Waals surface area (Å²) >= 11 is 0. The lowest BCUT2D eigenvalue weighted by Crippen LogP contribution is -2.33. The summed E-state index contributed by atoms with van der Waals surface area (Å²) in [4.78, 5) is 2.42. The highest BCUT2D eigenvalue weighted by atomic mass is 15.2. The number of rotatable bonds is 5. The Morgan fingerprint density at radius 3 is 2.29 bits per heavy atom. The zero-order valence-electron chi connectivity index (χ0n) is 23.2. The molecule has 0 aromatic heterocycles. The second kappa shape index (κ2) is 9.13. The molecular formula is C36H37N2+. The topological polar surface area (TPSA) is 6.25 Å². The molecule has 2 nitrogen and oxygen atoms in total. The van der Waals surface area contributed by atoms with Gasteiger partial charge in [0.2, 0.25) is 5.69 Å². The first-order valence-corrected chi connectivity index (χ1v) is 13.8. The number of benzene rings is 4. The Hall–Kier alpha value is -3.91. The van der Waals surface area contributed by atoms with Crippen LogP contribution in [-0.2, 0) is 17.3 Å². The largest absolute Gasteiger partial charge is 0.347 e. The lowest BCUT2D eigenvalue weighted by molar-refractivity contribution is -0.401. The van der Waals surface area contributed by atoms with Gasteiger partial charge in [-0.15, -0.1) is 0 Å². The first-order valence-electron chi connectivity index (χ1n) is 13.8. The maximum atomic E-state index is 2.42. The summed E-state index contributed by atoms with van der Waals surface area (Å²) in [6.07, 6.45) is 9.01. The lowest BCUT2D eigenvalue weighted by Gasteiger charge is -2.27. The Labute approximate surface area is 227 Å². The molecule has 0 spiro atoms. The van der Waals surface area contributed by atoms with E-state index in [9.17, 15) is 0 Å². The van der Waals surface area contributed by atoms with Crippen LogP contribution in [0, 0.1) is 0 Å². The highest BCUT2D eigenvalue weighted by Gasteiger charge is 2.46. The van der Waals surface area contributed by atoms with Gasteiger partial charge in [-0.1, -0.05) is 97.9 Å². The Kier molecular flexibility index (Phi) is 5.87. The number of hydrogen-bond acceptors (Lipinski definition) is 1. The van der Waals surface area contributed by atoms with Crippen molar-refractivity contribution in [1.82, 2.24) is 0 Å². The van der Waals surface area contributed by atoms with Gasteiger partial charge in [-0.05, 0) is 49.3 Å². The minimum absolute atomic E-state index is 0.0268. The SMILES string of the molecule is CCC1(C)C(=CC=CC2=[N+](C)c3ccccc3C2(C)Cc2ccccc2)N(C)c2c1ccc1ccccc21. The molecule has 0 amide bonds. The van der Waals surface area contributed by atoms with E-state index < -0.39 is 0 Å². The van der Waals surface area contributed by atoms with Crippen molar-refractivity contribution >= 4 is 27.9 Å². The number of hydrogen-bond donors (Lipinski definition) is 0. The van der Waals surface area contributed by atoms with E-state index in [4.69, 9.17) is 0 Å². The van der Waals surface area contributed by atoms with Crippen molar-refractivity contribution in [1.29, 1.82) is 0 Å². The minimum Gasteiger partial charge on any atom is -0.347 e. The Morgan fingerprint density at radius 2 is 1.50 bits per heavy atom. The van der Waals surface area contributed by atoms with E-state index in [0.717, 1.165) is 12.8 Å². The standard InChI is InChI=1S/C36H37N2/c1-6-35(2)30-24-23-27-17-10-11-18-28(27)34(30)38(5)32(35)21-14-22-33-36(3,25-26-15-8-7-9-16-26)29-19-12-13-20-31(29)37(33)4/h7-24H,6,25H2,1-5H3/q+1. The zero-order valence-corrected chi connectivity index (χ0v) is 23.2. The molecule has 0 aliphatic carbocycles. The summed E-state index contributed by atoms with van der Waals surface area (Å²) in [6, 6.07) is 33.1. The molecule has 6 rings (SSSR count).